The van der Waals surface area contributed by atoms with Gasteiger partial charge in [0.1, 0.15) is 0 Å². The van der Waals surface area contributed by atoms with E-state index in [1.807, 2.05) is 19.1 Å². The topological polar surface area (TPSA) is 35.8 Å². The molecule has 0 aromatic heterocycles. The summed E-state index contributed by atoms with van der Waals surface area (Å²) in [6.07, 6.45) is 0.828. The minimum Gasteiger partial charge on any atom is -0.295 e. The lowest BCUT2D eigenvalue weighted by atomic mass is 10.1. The Labute approximate surface area is 99.4 Å². The van der Waals surface area contributed by atoms with Gasteiger partial charge in [-0.05, 0) is 31.0 Å². The zero-order valence-electron chi connectivity index (χ0n) is 9.00. The quantitative estimate of drug-likeness (QED) is 0.907. The monoisotopic (exact) mass is 266 g/mol. The molecule has 0 aliphatic rings. The number of hydrogen-bond donors (Lipinski definition) is 1. The molecule has 3 heteroatoms. The second-order valence-electron chi connectivity index (χ2n) is 3.53. The maximum absolute atomic E-state index is 8.85. The van der Waals surface area contributed by atoms with Gasteiger partial charge in [0.2, 0.25) is 0 Å². The summed E-state index contributed by atoms with van der Waals surface area (Å²) >= 11 is 3.44. The first-order valence-electron chi connectivity index (χ1n) is 5.08. The summed E-state index contributed by atoms with van der Waals surface area (Å²) in [6.45, 7) is 4.08. The van der Waals surface area contributed by atoms with E-state index >= 15 is 0 Å². The lowest BCUT2D eigenvalue weighted by Crippen LogP contribution is -2.29. The van der Waals surface area contributed by atoms with Crippen molar-refractivity contribution in [3.8, 4) is 6.07 Å². The molecule has 0 bridgehead atoms. The van der Waals surface area contributed by atoms with E-state index in [-0.39, 0.29) is 12.1 Å². The molecule has 0 fully saturated rings. The molecule has 2 nitrogen and oxygen atoms in total. The summed E-state index contributed by atoms with van der Waals surface area (Å²) in [6, 6.07) is 10.5. The molecule has 0 saturated heterocycles. The maximum Gasteiger partial charge on any atom is 0.0954 e. The van der Waals surface area contributed by atoms with Gasteiger partial charge in [0.05, 0.1) is 12.1 Å². The Bertz CT molecular complexity index is 357. The van der Waals surface area contributed by atoms with E-state index in [0.29, 0.717) is 0 Å². The molecule has 15 heavy (non-hydrogen) atoms. The van der Waals surface area contributed by atoms with Gasteiger partial charge >= 0.3 is 0 Å². The zero-order chi connectivity index (χ0) is 11.3. The van der Waals surface area contributed by atoms with Crippen LogP contribution in [-0.4, -0.2) is 6.04 Å². The van der Waals surface area contributed by atoms with Crippen molar-refractivity contribution >= 4 is 15.9 Å². The largest absolute Gasteiger partial charge is 0.295 e. The Hall–Kier alpha value is -0.850. The fraction of sp³-hybridized carbons (Fsp3) is 0.417. The fourth-order valence-electron chi connectivity index (χ4n) is 1.42. The molecule has 0 aliphatic carbocycles. The van der Waals surface area contributed by atoms with Crippen molar-refractivity contribution in [1.29, 1.82) is 5.26 Å². The first-order chi connectivity index (χ1) is 7.17. The van der Waals surface area contributed by atoms with Crippen LogP contribution in [0.25, 0.3) is 0 Å². The van der Waals surface area contributed by atoms with Gasteiger partial charge in [0.25, 0.3) is 0 Å². The number of halogens is 1. The van der Waals surface area contributed by atoms with E-state index in [1.54, 1.807) is 0 Å². The Morgan fingerprint density at radius 1 is 1.53 bits per heavy atom. The summed E-state index contributed by atoms with van der Waals surface area (Å²) in [7, 11) is 0. The SMILES string of the molecule is CCC(C#N)NC(C)c1cccc(Br)c1. The molecular formula is C12H15BrN2. The maximum atomic E-state index is 8.85. The van der Waals surface area contributed by atoms with Gasteiger partial charge in [-0.25, -0.2) is 0 Å². The molecule has 0 heterocycles. The summed E-state index contributed by atoms with van der Waals surface area (Å²) in [4.78, 5) is 0. The minimum atomic E-state index is -0.0704. The van der Waals surface area contributed by atoms with Crippen LogP contribution in [0.15, 0.2) is 28.7 Å². The normalized spacial score (nSPS) is 14.3. The summed E-state index contributed by atoms with van der Waals surface area (Å²) in [5.41, 5.74) is 1.19. The van der Waals surface area contributed by atoms with Crippen LogP contribution in [0.1, 0.15) is 31.9 Å². The van der Waals surface area contributed by atoms with E-state index in [4.69, 9.17) is 5.26 Å². The third kappa shape index (κ3) is 3.65. The highest BCUT2D eigenvalue weighted by molar-refractivity contribution is 9.10. The number of rotatable bonds is 4. The predicted molar refractivity (Wildman–Crippen MR) is 65.4 cm³/mol. The van der Waals surface area contributed by atoms with Crippen molar-refractivity contribution in [2.24, 2.45) is 0 Å². The van der Waals surface area contributed by atoms with E-state index in [2.05, 4.69) is 46.4 Å². The number of nitriles is 1. The van der Waals surface area contributed by atoms with Gasteiger partial charge in [-0.15, -0.1) is 0 Å². The van der Waals surface area contributed by atoms with Crippen LogP contribution in [0.2, 0.25) is 0 Å². The Balaban J connectivity index is 2.69. The van der Waals surface area contributed by atoms with Crippen molar-refractivity contribution in [1.82, 2.24) is 5.32 Å². The van der Waals surface area contributed by atoms with Crippen LogP contribution in [0.4, 0.5) is 0 Å². The molecule has 2 unspecified atom stereocenters. The van der Waals surface area contributed by atoms with Gasteiger partial charge in [-0.3, -0.25) is 5.32 Å². The van der Waals surface area contributed by atoms with E-state index in [1.165, 1.54) is 5.56 Å². The highest BCUT2D eigenvalue weighted by atomic mass is 79.9. The van der Waals surface area contributed by atoms with Crippen molar-refractivity contribution in [2.75, 3.05) is 0 Å². The predicted octanol–water partition coefficient (Wildman–Crippen LogP) is 3.40. The molecule has 0 radical (unpaired) electrons. The number of hydrogen-bond acceptors (Lipinski definition) is 2. The first kappa shape index (κ1) is 12.2. The molecule has 1 aromatic rings. The van der Waals surface area contributed by atoms with E-state index in [0.717, 1.165) is 10.9 Å². The molecule has 80 valence electrons. The van der Waals surface area contributed by atoms with Crippen LogP contribution >= 0.6 is 15.9 Å². The summed E-state index contributed by atoms with van der Waals surface area (Å²) in [5.74, 6) is 0. The molecule has 0 aliphatic heterocycles. The minimum absolute atomic E-state index is 0.0704. The average Bonchev–Trinajstić information content (AvgIpc) is 2.25. The smallest absolute Gasteiger partial charge is 0.0954 e. The van der Waals surface area contributed by atoms with Crippen molar-refractivity contribution in [2.45, 2.75) is 32.4 Å². The molecule has 1 aromatic carbocycles. The van der Waals surface area contributed by atoms with Gasteiger partial charge in [-0.1, -0.05) is 35.0 Å². The number of nitrogens with zero attached hydrogens (tertiary/aromatic N) is 1. The number of benzene rings is 1. The molecule has 2 atom stereocenters. The van der Waals surface area contributed by atoms with Crippen LogP contribution < -0.4 is 5.32 Å². The molecule has 0 spiro atoms. The second kappa shape index (κ2) is 5.89. The van der Waals surface area contributed by atoms with E-state index < -0.39 is 0 Å². The van der Waals surface area contributed by atoms with Crippen LogP contribution in [0, 0.1) is 11.3 Å². The van der Waals surface area contributed by atoms with E-state index in [9.17, 15) is 0 Å². The van der Waals surface area contributed by atoms with Crippen LogP contribution in [0.5, 0.6) is 0 Å². The van der Waals surface area contributed by atoms with Crippen LogP contribution in [0.3, 0.4) is 0 Å². The van der Waals surface area contributed by atoms with Crippen LogP contribution in [-0.2, 0) is 0 Å². The van der Waals surface area contributed by atoms with Gasteiger partial charge in [-0.2, -0.15) is 5.26 Å². The number of nitrogens with one attached hydrogen (secondary N) is 1. The molecule has 0 amide bonds. The molecule has 1 N–H and O–H groups in total. The van der Waals surface area contributed by atoms with Crippen molar-refractivity contribution in [3.05, 3.63) is 34.3 Å². The standard InChI is InChI=1S/C12H15BrN2/c1-3-12(8-14)15-9(2)10-5-4-6-11(13)7-10/h4-7,9,12,15H,3H2,1-2H3. The van der Waals surface area contributed by atoms with Gasteiger partial charge in [0.15, 0.2) is 0 Å². The lowest BCUT2D eigenvalue weighted by Gasteiger charge is -2.17. The summed E-state index contributed by atoms with van der Waals surface area (Å²) < 4.78 is 1.07. The highest BCUT2D eigenvalue weighted by Gasteiger charge is 2.10. The Morgan fingerprint density at radius 3 is 2.80 bits per heavy atom. The van der Waals surface area contributed by atoms with Gasteiger partial charge < -0.3 is 0 Å². The molecule has 1 rings (SSSR count). The van der Waals surface area contributed by atoms with Gasteiger partial charge in [0, 0.05) is 10.5 Å². The molecule has 0 saturated carbocycles. The van der Waals surface area contributed by atoms with Crippen molar-refractivity contribution < 1.29 is 0 Å². The third-order valence-electron chi connectivity index (χ3n) is 2.36. The lowest BCUT2D eigenvalue weighted by molar-refractivity contribution is 0.508. The second-order valence-corrected chi connectivity index (χ2v) is 4.45. The average molecular weight is 267 g/mol. The molecular weight excluding hydrogens is 252 g/mol. The Morgan fingerprint density at radius 2 is 2.27 bits per heavy atom. The highest BCUT2D eigenvalue weighted by Crippen LogP contribution is 2.18. The van der Waals surface area contributed by atoms with Crippen molar-refractivity contribution in [3.63, 3.8) is 0 Å². The zero-order valence-corrected chi connectivity index (χ0v) is 10.6. The Kier molecular flexibility index (Phi) is 4.80. The third-order valence-corrected chi connectivity index (χ3v) is 2.86. The first-order valence-corrected chi connectivity index (χ1v) is 5.87. The fourth-order valence-corrected chi connectivity index (χ4v) is 1.84. The summed E-state index contributed by atoms with van der Waals surface area (Å²) in [5, 5.41) is 12.1.